The summed E-state index contributed by atoms with van der Waals surface area (Å²) in [5, 5.41) is 3.26. The number of anilines is 2. The Morgan fingerprint density at radius 3 is 2.94 bits per heavy atom. The molecular formula is C12H18N4O2. The largest absolute Gasteiger partial charge is 0.486 e. The van der Waals surface area contributed by atoms with Gasteiger partial charge in [0, 0.05) is 31.4 Å². The number of nitrogen functional groups attached to an aromatic ring is 1. The number of piperazine rings is 1. The highest BCUT2D eigenvalue weighted by Crippen LogP contribution is 2.42. The summed E-state index contributed by atoms with van der Waals surface area (Å²) in [6.45, 7) is 3.61. The van der Waals surface area contributed by atoms with E-state index in [2.05, 4.69) is 10.2 Å². The summed E-state index contributed by atoms with van der Waals surface area (Å²) in [6, 6.07) is 3.70. The molecule has 0 amide bonds. The standard InChI is InChI=1S/C12H18N4O2/c13-8-5-9(16-2-1-15-7-11(16)14)12-10(6-8)17-3-4-18-12/h5-6,11,15H,1-4,7,13-14H2. The number of nitrogens with two attached hydrogens (primary N) is 2. The first kappa shape index (κ1) is 11.4. The van der Waals surface area contributed by atoms with Gasteiger partial charge in [-0.05, 0) is 6.07 Å². The van der Waals surface area contributed by atoms with Crippen LogP contribution in [0.15, 0.2) is 12.1 Å². The lowest BCUT2D eigenvalue weighted by molar-refractivity contribution is 0.172. The maximum atomic E-state index is 6.12. The molecule has 6 nitrogen and oxygen atoms in total. The van der Waals surface area contributed by atoms with Crippen LogP contribution in [0.4, 0.5) is 11.4 Å². The fraction of sp³-hybridized carbons (Fsp3) is 0.500. The Bertz CT molecular complexity index is 452. The molecule has 0 aromatic heterocycles. The molecule has 98 valence electrons. The summed E-state index contributed by atoms with van der Waals surface area (Å²) in [4.78, 5) is 2.11. The molecule has 0 spiro atoms. The Hall–Kier alpha value is -1.66. The quantitative estimate of drug-likeness (QED) is 0.595. The molecule has 3 rings (SSSR count). The normalized spacial score (nSPS) is 22.9. The zero-order chi connectivity index (χ0) is 12.5. The van der Waals surface area contributed by atoms with Gasteiger partial charge in [0.2, 0.25) is 0 Å². The minimum atomic E-state index is -0.0739. The molecular weight excluding hydrogens is 232 g/mol. The third-order valence-electron chi connectivity index (χ3n) is 3.24. The Balaban J connectivity index is 2.01. The van der Waals surface area contributed by atoms with Gasteiger partial charge in [-0.3, -0.25) is 0 Å². The van der Waals surface area contributed by atoms with E-state index in [1.807, 2.05) is 6.07 Å². The molecule has 1 aromatic carbocycles. The van der Waals surface area contributed by atoms with E-state index in [4.69, 9.17) is 20.9 Å². The van der Waals surface area contributed by atoms with Crippen molar-refractivity contribution in [3.8, 4) is 11.5 Å². The van der Waals surface area contributed by atoms with E-state index in [0.29, 0.717) is 24.7 Å². The smallest absolute Gasteiger partial charge is 0.184 e. The maximum absolute atomic E-state index is 6.12. The number of hydrogen-bond donors (Lipinski definition) is 3. The van der Waals surface area contributed by atoms with Gasteiger partial charge in [0.15, 0.2) is 11.5 Å². The van der Waals surface area contributed by atoms with Crippen molar-refractivity contribution in [2.24, 2.45) is 5.73 Å². The summed E-state index contributed by atoms with van der Waals surface area (Å²) >= 11 is 0. The number of nitrogens with one attached hydrogen (secondary N) is 1. The minimum Gasteiger partial charge on any atom is -0.486 e. The molecule has 0 saturated carbocycles. The fourth-order valence-electron chi connectivity index (χ4n) is 2.39. The van der Waals surface area contributed by atoms with Crippen molar-refractivity contribution in [2.75, 3.05) is 43.5 Å². The van der Waals surface area contributed by atoms with Crippen molar-refractivity contribution in [3.05, 3.63) is 12.1 Å². The van der Waals surface area contributed by atoms with Crippen LogP contribution in [-0.2, 0) is 0 Å². The number of benzene rings is 1. The molecule has 1 fully saturated rings. The van der Waals surface area contributed by atoms with E-state index in [1.165, 1.54) is 0 Å². The highest BCUT2D eigenvalue weighted by Gasteiger charge is 2.26. The lowest BCUT2D eigenvalue weighted by atomic mass is 10.1. The number of fused-ring (bicyclic) bond motifs is 1. The molecule has 1 aromatic rings. The van der Waals surface area contributed by atoms with Gasteiger partial charge in [-0.25, -0.2) is 0 Å². The van der Waals surface area contributed by atoms with Crippen LogP contribution in [0.3, 0.4) is 0 Å². The first-order valence-corrected chi connectivity index (χ1v) is 6.18. The number of rotatable bonds is 1. The molecule has 1 unspecified atom stereocenters. The minimum absolute atomic E-state index is 0.0739. The van der Waals surface area contributed by atoms with Gasteiger partial charge in [-0.1, -0.05) is 0 Å². The maximum Gasteiger partial charge on any atom is 0.184 e. The SMILES string of the molecule is Nc1cc2c(c(N3CCNCC3N)c1)OCCO2. The summed E-state index contributed by atoms with van der Waals surface area (Å²) in [6.07, 6.45) is -0.0739. The topological polar surface area (TPSA) is 85.8 Å². The molecule has 0 aliphatic carbocycles. The summed E-state index contributed by atoms with van der Waals surface area (Å²) in [7, 11) is 0. The van der Waals surface area contributed by atoms with Crippen molar-refractivity contribution >= 4 is 11.4 Å². The number of hydrogen-bond acceptors (Lipinski definition) is 6. The van der Waals surface area contributed by atoms with Gasteiger partial charge in [-0.15, -0.1) is 0 Å². The van der Waals surface area contributed by atoms with Crippen LogP contribution in [0.25, 0.3) is 0 Å². The Kier molecular flexibility index (Phi) is 2.89. The third kappa shape index (κ3) is 1.93. The Labute approximate surface area is 106 Å². The zero-order valence-electron chi connectivity index (χ0n) is 10.2. The summed E-state index contributed by atoms with van der Waals surface area (Å²) < 4.78 is 11.3. The predicted octanol–water partition coefficient (Wildman–Crippen LogP) is -0.266. The van der Waals surface area contributed by atoms with Gasteiger partial charge < -0.3 is 31.2 Å². The van der Waals surface area contributed by atoms with Gasteiger partial charge in [0.05, 0.1) is 11.9 Å². The Morgan fingerprint density at radius 2 is 2.11 bits per heavy atom. The highest BCUT2D eigenvalue weighted by atomic mass is 16.6. The number of nitrogens with zero attached hydrogens (tertiary/aromatic N) is 1. The van der Waals surface area contributed by atoms with E-state index < -0.39 is 0 Å². The lowest BCUT2D eigenvalue weighted by Crippen LogP contribution is -2.56. The second-order valence-corrected chi connectivity index (χ2v) is 4.53. The lowest BCUT2D eigenvalue weighted by Gasteiger charge is -2.37. The third-order valence-corrected chi connectivity index (χ3v) is 3.24. The van der Waals surface area contributed by atoms with Crippen molar-refractivity contribution < 1.29 is 9.47 Å². The number of ether oxygens (including phenoxy) is 2. The second-order valence-electron chi connectivity index (χ2n) is 4.53. The van der Waals surface area contributed by atoms with Gasteiger partial charge in [-0.2, -0.15) is 0 Å². The molecule has 5 N–H and O–H groups in total. The first-order chi connectivity index (χ1) is 8.75. The average Bonchev–Trinajstić information content (AvgIpc) is 2.38. The monoisotopic (exact) mass is 250 g/mol. The van der Waals surface area contributed by atoms with Gasteiger partial charge in [0.1, 0.15) is 13.2 Å². The molecule has 2 aliphatic rings. The van der Waals surface area contributed by atoms with Crippen LogP contribution in [0.2, 0.25) is 0 Å². The van der Waals surface area contributed by atoms with Crippen LogP contribution in [0.5, 0.6) is 11.5 Å². The molecule has 1 saturated heterocycles. The first-order valence-electron chi connectivity index (χ1n) is 6.18. The average molecular weight is 250 g/mol. The summed E-state index contributed by atoms with van der Waals surface area (Å²) in [5.74, 6) is 1.47. The van der Waals surface area contributed by atoms with Gasteiger partial charge >= 0.3 is 0 Å². The van der Waals surface area contributed by atoms with Crippen LogP contribution < -0.4 is 31.2 Å². The predicted molar refractivity (Wildman–Crippen MR) is 70.0 cm³/mol. The van der Waals surface area contributed by atoms with Crippen molar-refractivity contribution in [3.63, 3.8) is 0 Å². The molecule has 0 bridgehead atoms. The van der Waals surface area contributed by atoms with E-state index >= 15 is 0 Å². The molecule has 0 radical (unpaired) electrons. The fourth-order valence-corrected chi connectivity index (χ4v) is 2.39. The Morgan fingerprint density at radius 1 is 1.28 bits per heavy atom. The molecule has 6 heteroatoms. The molecule has 18 heavy (non-hydrogen) atoms. The van der Waals surface area contributed by atoms with Gasteiger partial charge in [0.25, 0.3) is 0 Å². The van der Waals surface area contributed by atoms with Crippen molar-refractivity contribution in [1.29, 1.82) is 0 Å². The van der Waals surface area contributed by atoms with Crippen LogP contribution in [0.1, 0.15) is 0 Å². The van der Waals surface area contributed by atoms with Crippen LogP contribution in [-0.4, -0.2) is 39.0 Å². The highest BCUT2D eigenvalue weighted by molar-refractivity contribution is 5.71. The van der Waals surface area contributed by atoms with E-state index in [1.54, 1.807) is 6.07 Å². The van der Waals surface area contributed by atoms with Crippen molar-refractivity contribution in [1.82, 2.24) is 5.32 Å². The molecule has 2 heterocycles. The zero-order valence-corrected chi connectivity index (χ0v) is 10.2. The molecule has 1 atom stereocenters. The van der Waals surface area contributed by atoms with E-state index in [0.717, 1.165) is 31.1 Å². The summed E-state index contributed by atoms with van der Waals surface area (Å²) in [5.41, 5.74) is 13.6. The van der Waals surface area contributed by atoms with Crippen LogP contribution >= 0.6 is 0 Å². The van der Waals surface area contributed by atoms with E-state index in [9.17, 15) is 0 Å². The molecule has 2 aliphatic heterocycles. The van der Waals surface area contributed by atoms with E-state index in [-0.39, 0.29) is 6.17 Å². The second kappa shape index (κ2) is 4.55. The van der Waals surface area contributed by atoms with Crippen LogP contribution in [0, 0.1) is 0 Å². The van der Waals surface area contributed by atoms with Crippen molar-refractivity contribution in [2.45, 2.75) is 6.17 Å².